The summed E-state index contributed by atoms with van der Waals surface area (Å²) in [5, 5.41) is 4.48. The Kier molecular flexibility index (Phi) is 4.60. The fourth-order valence-electron chi connectivity index (χ4n) is 3.09. The predicted octanol–water partition coefficient (Wildman–Crippen LogP) is 3.99. The molecule has 128 valence electrons. The quantitative estimate of drug-likeness (QED) is 0.838. The number of aromatic nitrogens is 2. The summed E-state index contributed by atoms with van der Waals surface area (Å²) >= 11 is 0. The summed E-state index contributed by atoms with van der Waals surface area (Å²) in [6.45, 7) is 7.14. The van der Waals surface area contributed by atoms with Crippen molar-refractivity contribution in [2.75, 3.05) is 13.1 Å². The number of rotatable bonds is 2. The lowest BCUT2D eigenvalue weighted by atomic mass is 9.93. The lowest BCUT2D eigenvalue weighted by molar-refractivity contribution is 0.0203. The third-order valence-corrected chi connectivity index (χ3v) is 4.24. The Bertz CT molecular complexity index is 680. The molecule has 24 heavy (non-hydrogen) atoms. The van der Waals surface area contributed by atoms with Crippen LogP contribution in [0, 0.1) is 0 Å². The van der Waals surface area contributed by atoms with Crippen LogP contribution in [0.4, 0.5) is 4.79 Å². The second kappa shape index (κ2) is 6.67. The van der Waals surface area contributed by atoms with Crippen molar-refractivity contribution in [3.05, 3.63) is 48.3 Å². The molecule has 1 saturated heterocycles. The van der Waals surface area contributed by atoms with E-state index in [1.54, 1.807) is 0 Å². The van der Waals surface area contributed by atoms with Gasteiger partial charge in [0.25, 0.3) is 0 Å². The number of hydrogen-bond acceptors (Lipinski definition) is 3. The van der Waals surface area contributed by atoms with Crippen LogP contribution in [0.15, 0.2) is 42.6 Å². The zero-order chi connectivity index (χ0) is 17.2. The van der Waals surface area contributed by atoms with Gasteiger partial charge in [0, 0.05) is 30.9 Å². The first kappa shape index (κ1) is 16.6. The number of carbonyl (C=O) groups is 1. The van der Waals surface area contributed by atoms with Crippen LogP contribution in [-0.4, -0.2) is 39.5 Å². The van der Waals surface area contributed by atoms with Crippen LogP contribution in [0.1, 0.15) is 45.2 Å². The molecule has 0 aliphatic carbocycles. The highest BCUT2D eigenvalue weighted by Gasteiger charge is 2.28. The van der Waals surface area contributed by atoms with E-state index in [4.69, 9.17) is 4.74 Å². The molecule has 0 N–H and O–H groups in total. The molecule has 5 heteroatoms. The summed E-state index contributed by atoms with van der Waals surface area (Å²) in [5.41, 5.74) is 1.84. The van der Waals surface area contributed by atoms with Crippen molar-refractivity contribution in [1.29, 1.82) is 0 Å². The number of hydrogen-bond donors (Lipinski definition) is 0. The van der Waals surface area contributed by atoms with Gasteiger partial charge >= 0.3 is 6.09 Å². The number of amides is 1. The van der Waals surface area contributed by atoms with Gasteiger partial charge in [-0.2, -0.15) is 5.10 Å². The van der Waals surface area contributed by atoms with Crippen molar-refractivity contribution in [3.63, 3.8) is 0 Å². The first-order valence-electron chi connectivity index (χ1n) is 8.51. The number of carbonyl (C=O) groups excluding carboxylic acids is 1. The van der Waals surface area contributed by atoms with Crippen molar-refractivity contribution in [2.24, 2.45) is 0 Å². The Labute approximate surface area is 143 Å². The van der Waals surface area contributed by atoms with Crippen LogP contribution in [0.5, 0.6) is 0 Å². The van der Waals surface area contributed by atoms with Crippen molar-refractivity contribution in [1.82, 2.24) is 14.7 Å². The SMILES string of the molecule is CC(C)(C)OC(=O)N1CCC(c2ccnn2-c2ccccc2)CC1. The van der Waals surface area contributed by atoms with Crippen LogP contribution < -0.4 is 0 Å². The largest absolute Gasteiger partial charge is 0.444 e. The minimum atomic E-state index is -0.445. The Morgan fingerprint density at radius 2 is 1.79 bits per heavy atom. The number of para-hydroxylation sites is 1. The van der Waals surface area contributed by atoms with E-state index in [1.807, 2.05) is 54.7 Å². The van der Waals surface area contributed by atoms with E-state index in [1.165, 1.54) is 5.69 Å². The standard InChI is InChI=1S/C19H25N3O2/c1-19(2,3)24-18(23)21-13-10-15(11-14-21)17-9-12-20-22(17)16-7-5-4-6-8-16/h4-9,12,15H,10-11,13-14H2,1-3H3. The molecule has 0 bridgehead atoms. The molecule has 0 spiro atoms. The van der Waals surface area contributed by atoms with Crippen molar-refractivity contribution < 1.29 is 9.53 Å². The van der Waals surface area contributed by atoms with Crippen molar-refractivity contribution in [2.45, 2.75) is 45.1 Å². The van der Waals surface area contributed by atoms with Gasteiger partial charge in [0.05, 0.1) is 5.69 Å². The van der Waals surface area contributed by atoms with Crippen LogP contribution in [-0.2, 0) is 4.74 Å². The van der Waals surface area contributed by atoms with Gasteiger partial charge in [-0.3, -0.25) is 0 Å². The molecule has 2 aromatic rings. The average molecular weight is 327 g/mol. The maximum Gasteiger partial charge on any atom is 0.410 e. The van der Waals surface area contributed by atoms with Gasteiger partial charge in [-0.1, -0.05) is 18.2 Å². The van der Waals surface area contributed by atoms with E-state index in [-0.39, 0.29) is 6.09 Å². The number of ether oxygens (including phenoxy) is 1. The van der Waals surface area contributed by atoms with Crippen LogP contribution in [0.25, 0.3) is 5.69 Å². The zero-order valence-electron chi connectivity index (χ0n) is 14.6. The minimum Gasteiger partial charge on any atom is -0.444 e. The Morgan fingerprint density at radius 1 is 1.12 bits per heavy atom. The van der Waals surface area contributed by atoms with E-state index in [2.05, 4.69) is 23.3 Å². The summed E-state index contributed by atoms with van der Waals surface area (Å²) in [6, 6.07) is 12.3. The average Bonchev–Trinajstić information content (AvgIpc) is 3.04. The van der Waals surface area contributed by atoms with Gasteiger partial charge in [-0.25, -0.2) is 9.48 Å². The second-order valence-corrected chi connectivity index (χ2v) is 7.25. The smallest absolute Gasteiger partial charge is 0.410 e. The molecule has 0 saturated carbocycles. The van der Waals surface area contributed by atoms with E-state index in [0.29, 0.717) is 5.92 Å². The van der Waals surface area contributed by atoms with E-state index in [9.17, 15) is 4.79 Å². The fraction of sp³-hybridized carbons (Fsp3) is 0.474. The topological polar surface area (TPSA) is 47.4 Å². The van der Waals surface area contributed by atoms with E-state index in [0.717, 1.165) is 31.6 Å². The molecule has 1 aliphatic heterocycles. The highest BCUT2D eigenvalue weighted by atomic mass is 16.6. The molecule has 1 fully saturated rings. The van der Waals surface area contributed by atoms with Crippen LogP contribution >= 0.6 is 0 Å². The molecule has 0 unspecified atom stereocenters. The maximum atomic E-state index is 12.2. The summed E-state index contributed by atoms with van der Waals surface area (Å²) in [4.78, 5) is 14.0. The molecule has 0 radical (unpaired) electrons. The summed E-state index contributed by atoms with van der Waals surface area (Å²) in [7, 11) is 0. The molecule has 2 heterocycles. The van der Waals surface area contributed by atoms with Crippen molar-refractivity contribution in [3.8, 4) is 5.69 Å². The van der Waals surface area contributed by atoms with Crippen LogP contribution in [0.2, 0.25) is 0 Å². The molecule has 5 nitrogen and oxygen atoms in total. The summed E-state index contributed by atoms with van der Waals surface area (Å²) < 4.78 is 7.47. The molecule has 1 aromatic carbocycles. The Hall–Kier alpha value is -2.30. The third kappa shape index (κ3) is 3.78. The van der Waals surface area contributed by atoms with E-state index >= 15 is 0 Å². The first-order valence-corrected chi connectivity index (χ1v) is 8.51. The highest BCUT2D eigenvalue weighted by molar-refractivity contribution is 5.68. The summed E-state index contributed by atoms with van der Waals surface area (Å²) in [5.74, 6) is 0.409. The van der Waals surface area contributed by atoms with Gasteiger partial charge in [0.1, 0.15) is 5.60 Å². The second-order valence-electron chi connectivity index (χ2n) is 7.25. The lowest BCUT2D eigenvalue weighted by Gasteiger charge is -2.33. The van der Waals surface area contributed by atoms with Gasteiger partial charge in [-0.15, -0.1) is 0 Å². The van der Waals surface area contributed by atoms with E-state index < -0.39 is 5.60 Å². The Morgan fingerprint density at radius 3 is 2.42 bits per heavy atom. The lowest BCUT2D eigenvalue weighted by Crippen LogP contribution is -2.41. The number of nitrogens with zero attached hydrogens (tertiary/aromatic N) is 3. The fourth-order valence-corrected chi connectivity index (χ4v) is 3.09. The van der Waals surface area contributed by atoms with Gasteiger partial charge < -0.3 is 9.64 Å². The molecular formula is C19H25N3O2. The van der Waals surface area contributed by atoms with Gasteiger partial charge in [-0.05, 0) is 51.8 Å². The predicted molar refractivity (Wildman–Crippen MR) is 93.3 cm³/mol. The minimum absolute atomic E-state index is 0.211. The molecule has 1 aliphatic rings. The molecule has 3 rings (SSSR count). The molecule has 0 atom stereocenters. The first-order chi connectivity index (χ1) is 11.4. The number of likely N-dealkylation sites (tertiary alicyclic amines) is 1. The van der Waals surface area contributed by atoms with Crippen molar-refractivity contribution >= 4 is 6.09 Å². The zero-order valence-corrected chi connectivity index (χ0v) is 14.6. The third-order valence-electron chi connectivity index (χ3n) is 4.24. The van der Waals surface area contributed by atoms with Crippen LogP contribution in [0.3, 0.4) is 0 Å². The molecule has 1 amide bonds. The summed E-state index contributed by atoms with van der Waals surface area (Å²) in [6.07, 6.45) is 3.50. The molecular weight excluding hydrogens is 302 g/mol. The Balaban J connectivity index is 1.66. The number of piperidine rings is 1. The van der Waals surface area contributed by atoms with Gasteiger partial charge in [0.2, 0.25) is 0 Å². The highest BCUT2D eigenvalue weighted by Crippen LogP contribution is 2.29. The monoisotopic (exact) mass is 327 g/mol. The molecule has 1 aromatic heterocycles. The number of benzene rings is 1. The normalized spacial score (nSPS) is 16.2. The van der Waals surface area contributed by atoms with Gasteiger partial charge in [0.15, 0.2) is 0 Å². The maximum absolute atomic E-state index is 12.2.